The molecule has 9 aromatic carbocycles. The third kappa shape index (κ3) is 4.47. The average Bonchev–Trinajstić information content (AvgIpc) is 3.71. The summed E-state index contributed by atoms with van der Waals surface area (Å²) in [5.74, 6) is 0. The van der Waals surface area contributed by atoms with Gasteiger partial charge in [-0.15, -0.1) is 0 Å². The lowest BCUT2D eigenvalue weighted by atomic mass is 9.84. The standard InChI is InChI=1S/C48H30O/c1-3-12-31(13-4-1)33-22-23-35-29-37(25-24-34(35)28-33)46-38-16-7-9-18-40(38)47(41-19-10-8-17-39(41)46)43-20-11-21-44-48(43)42-27-26-36(30-45(42)49-44)32-14-5-2-6-15-32/h1-30H/i1D,2D,3D,4D,5D,6D,11D,12D,13D,14D,15D,20D,21D,26D,27D,30D. The summed E-state index contributed by atoms with van der Waals surface area (Å²) in [7, 11) is 0. The van der Waals surface area contributed by atoms with Crippen molar-refractivity contribution < 1.29 is 26.3 Å². The van der Waals surface area contributed by atoms with Crippen LogP contribution in [0.5, 0.6) is 0 Å². The third-order valence-corrected chi connectivity index (χ3v) is 8.92. The van der Waals surface area contributed by atoms with Crippen LogP contribution in [-0.4, -0.2) is 0 Å². The second-order valence-electron chi connectivity index (χ2n) is 11.6. The Hall–Kier alpha value is -6.44. The zero-order valence-corrected chi connectivity index (χ0v) is 25.5. The first-order valence-electron chi connectivity index (χ1n) is 23.5. The summed E-state index contributed by atoms with van der Waals surface area (Å²) in [5.41, 5.74) is 1.40. The van der Waals surface area contributed by atoms with Crippen LogP contribution in [0.3, 0.4) is 0 Å². The minimum absolute atomic E-state index is 0.0503. The van der Waals surface area contributed by atoms with Gasteiger partial charge >= 0.3 is 0 Å². The van der Waals surface area contributed by atoms with Gasteiger partial charge in [0.15, 0.2) is 0 Å². The van der Waals surface area contributed by atoms with Gasteiger partial charge in [0.05, 0.1) is 21.9 Å². The van der Waals surface area contributed by atoms with E-state index in [0.717, 1.165) is 32.7 Å². The van der Waals surface area contributed by atoms with E-state index in [9.17, 15) is 4.11 Å². The molecule has 0 aliphatic rings. The highest BCUT2D eigenvalue weighted by molar-refractivity contribution is 6.26. The minimum Gasteiger partial charge on any atom is -0.456 e. The molecule has 0 aliphatic heterocycles. The van der Waals surface area contributed by atoms with Gasteiger partial charge in [-0.05, 0) is 107 Å². The molecule has 0 unspecified atom stereocenters. The van der Waals surface area contributed by atoms with Crippen molar-refractivity contribution in [2.24, 2.45) is 0 Å². The van der Waals surface area contributed by atoms with Gasteiger partial charge < -0.3 is 4.42 Å². The van der Waals surface area contributed by atoms with Crippen molar-refractivity contribution >= 4 is 54.3 Å². The average molecular weight is 639 g/mol. The van der Waals surface area contributed by atoms with Crippen LogP contribution in [0.15, 0.2) is 186 Å². The quantitative estimate of drug-likeness (QED) is 0.175. The summed E-state index contributed by atoms with van der Waals surface area (Å²) in [6.45, 7) is 0. The SMILES string of the molecule is [2H]c1c([2H])c([2H])c(-c2ccc3cc(-c4c5ccccc5c(-c5c([2H])c([2H])c([2H])c6oc7c([2H])c(-c8c([2H])c([2H])c([2H])c([2H])c8[2H])c([2H])c([2H])c7c56)c5ccccc45)ccc3c2)c([2H])c1[2H]. The summed E-state index contributed by atoms with van der Waals surface area (Å²) in [6.07, 6.45) is 0. The Morgan fingerprint density at radius 2 is 0.959 bits per heavy atom. The maximum absolute atomic E-state index is 9.48. The number of hydrogen-bond acceptors (Lipinski definition) is 1. The first-order valence-corrected chi connectivity index (χ1v) is 15.5. The molecule has 0 aliphatic carbocycles. The highest BCUT2D eigenvalue weighted by atomic mass is 16.3. The van der Waals surface area contributed by atoms with Gasteiger partial charge in [0, 0.05) is 10.8 Å². The maximum atomic E-state index is 9.48. The molecule has 0 fully saturated rings. The van der Waals surface area contributed by atoms with Crippen molar-refractivity contribution in [2.45, 2.75) is 0 Å². The van der Waals surface area contributed by atoms with Crippen molar-refractivity contribution in [3.63, 3.8) is 0 Å². The highest BCUT2D eigenvalue weighted by Gasteiger charge is 2.20. The second-order valence-corrected chi connectivity index (χ2v) is 11.6. The predicted molar refractivity (Wildman–Crippen MR) is 208 cm³/mol. The molecule has 0 amide bonds. The van der Waals surface area contributed by atoms with E-state index >= 15 is 0 Å². The minimum atomic E-state index is -0.684. The summed E-state index contributed by atoms with van der Waals surface area (Å²) >= 11 is 0. The Balaban J connectivity index is 1.25. The molecule has 0 spiro atoms. The van der Waals surface area contributed by atoms with Gasteiger partial charge in [-0.2, -0.15) is 0 Å². The Kier molecular flexibility index (Phi) is 3.64. The van der Waals surface area contributed by atoms with Crippen LogP contribution in [0.2, 0.25) is 0 Å². The molecule has 10 rings (SSSR count). The second kappa shape index (κ2) is 11.1. The van der Waals surface area contributed by atoms with E-state index in [4.69, 9.17) is 22.2 Å². The Bertz CT molecular complexity index is 3680. The fraction of sp³-hybridized carbons (Fsp3) is 0. The molecule has 1 heterocycles. The monoisotopic (exact) mass is 638 g/mol. The van der Waals surface area contributed by atoms with Crippen LogP contribution >= 0.6 is 0 Å². The van der Waals surface area contributed by atoms with Crippen LogP contribution in [0.4, 0.5) is 0 Å². The van der Waals surface area contributed by atoms with Crippen molar-refractivity contribution in [3.05, 3.63) is 182 Å². The van der Waals surface area contributed by atoms with Gasteiger partial charge in [-0.3, -0.25) is 0 Å². The molecule has 1 aromatic heterocycles. The molecule has 1 heteroatoms. The largest absolute Gasteiger partial charge is 0.456 e. The zero-order valence-electron chi connectivity index (χ0n) is 41.5. The van der Waals surface area contributed by atoms with Gasteiger partial charge in [-0.1, -0.05) is 151 Å². The molecule has 228 valence electrons. The van der Waals surface area contributed by atoms with Crippen LogP contribution in [0.1, 0.15) is 21.9 Å². The number of rotatable bonds is 4. The molecule has 0 bridgehead atoms. The smallest absolute Gasteiger partial charge is 0.136 e. The first-order chi connectivity index (χ1) is 31.0. The summed E-state index contributed by atoms with van der Waals surface area (Å²) in [4.78, 5) is 0. The number of hydrogen-bond donors (Lipinski definition) is 0. The van der Waals surface area contributed by atoms with Gasteiger partial charge in [0.25, 0.3) is 0 Å². The molecule has 1 nitrogen and oxygen atoms in total. The van der Waals surface area contributed by atoms with Crippen molar-refractivity contribution in [1.82, 2.24) is 0 Å². The van der Waals surface area contributed by atoms with E-state index in [2.05, 4.69) is 0 Å². The van der Waals surface area contributed by atoms with Gasteiger partial charge in [0.1, 0.15) is 11.2 Å². The summed E-state index contributed by atoms with van der Waals surface area (Å²) in [5, 5.41) is 4.29. The first kappa shape index (κ1) is 16.1. The molecule has 0 saturated heterocycles. The lowest BCUT2D eigenvalue weighted by Crippen LogP contribution is -1.91. The normalized spacial score (nSPS) is 16.2. The van der Waals surface area contributed by atoms with Crippen LogP contribution < -0.4 is 0 Å². The molecule has 0 N–H and O–H groups in total. The summed E-state index contributed by atoms with van der Waals surface area (Å²) in [6, 6.07) is 17.8. The number of fused-ring (bicyclic) bond motifs is 6. The molecular formula is C48H30O. The number of benzene rings is 9. The van der Waals surface area contributed by atoms with E-state index < -0.39 is 89.7 Å². The molecule has 0 saturated carbocycles. The fourth-order valence-corrected chi connectivity index (χ4v) is 6.80. The molecule has 49 heavy (non-hydrogen) atoms. The third-order valence-electron chi connectivity index (χ3n) is 8.92. The predicted octanol–water partition coefficient (Wildman–Crippen LogP) is 13.7. The van der Waals surface area contributed by atoms with Gasteiger partial charge in [0.2, 0.25) is 0 Å². The van der Waals surface area contributed by atoms with Crippen molar-refractivity contribution in [1.29, 1.82) is 0 Å². The lowest BCUT2D eigenvalue weighted by Gasteiger charge is -2.18. The molecule has 10 aromatic rings. The van der Waals surface area contributed by atoms with Crippen molar-refractivity contribution in [2.75, 3.05) is 0 Å². The van der Waals surface area contributed by atoms with E-state index in [0.29, 0.717) is 21.9 Å². The number of furan rings is 1. The Morgan fingerprint density at radius 1 is 0.388 bits per heavy atom. The Morgan fingerprint density at radius 3 is 1.61 bits per heavy atom. The van der Waals surface area contributed by atoms with Crippen molar-refractivity contribution in [3.8, 4) is 44.5 Å². The molecule has 0 atom stereocenters. The molecule has 0 radical (unpaired) electrons. The van der Waals surface area contributed by atoms with E-state index in [1.165, 1.54) is 0 Å². The van der Waals surface area contributed by atoms with E-state index in [1.807, 2.05) is 72.8 Å². The fourth-order valence-electron chi connectivity index (χ4n) is 6.80. The Labute approximate surface area is 306 Å². The van der Waals surface area contributed by atoms with Crippen LogP contribution in [0, 0.1) is 0 Å². The van der Waals surface area contributed by atoms with Gasteiger partial charge in [-0.25, -0.2) is 0 Å². The lowest BCUT2D eigenvalue weighted by molar-refractivity contribution is 0.669. The topological polar surface area (TPSA) is 13.1 Å². The van der Waals surface area contributed by atoms with Crippen LogP contribution in [-0.2, 0) is 0 Å². The molecular weight excluding hydrogens is 593 g/mol. The highest BCUT2D eigenvalue weighted by Crippen LogP contribution is 2.47. The van der Waals surface area contributed by atoms with Crippen LogP contribution in [0.25, 0.3) is 98.8 Å². The zero-order chi connectivity index (χ0) is 46.2. The van der Waals surface area contributed by atoms with E-state index in [-0.39, 0.29) is 51.2 Å². The van der Waals surface area contributed by atoms with E-state index in [1.54, 1.807) is 12.1 Å². The maximum Gasteiger partial charge on any atom is 0.136 e. The summed E-state index contributed by atoms with van der Waals surface area (Å²) < 4.78 is 145.